The summed E-state index contributed by atoms with van der Waals surface area (Å²) in [5.74, 6) is 0.00957. The van der Waals surface area contributed by atoms with Gasteiger partial charge >= 0.3 is 6.09 Å². The Hall–Kier alpha value is -2.32. The van der Waals surface area contributed by atoms with E-state index in [4.69, 9.17) is 16.3 Å². The number of amides is 2. The number of fused-ring (bicyclic) bond motifs is 1. The second-order valence-electron chi connectivity index (χ2n) is 9.36. The Balaban J connectivity index is 1.26. The monoisotopic (exact) mass is 447 g/mol. The highest BCUT2D eigenvalue weighted by molar-refractivity contribution is 6.30. The molecule has 8 nitrogen and oxygen atoms in total. The third-order valence-electron chi connectivity index (χ3n) is 5.72. The van der Waals surface area contributed by atoms with E-state index < -0.39 is 5.60 Å². The number of ether oxygens (including phenoxy) is 1. The average Bonchev–Trinajstić information content (AvgIpc) is 3.33. The molecule has 4 rings (SSSR count). The number of aromatic nitrogens is 2. The smallest absolute Gasteiger partial charge is 0.410 e. The molecule has 168 valence electrons. The van der Waals surface area contributed by atoms with E-state index in [1.54, 1.807) is 4.90 Å². The molecular formula is C22H30ClN5O3. The topological polar surface area (TPSA) is 70.4 Å². The van der Waals surface area contributed by atoms with Crippen LogP contribution in [0, 0.1) is 5.92 Å². The summed E-state index contributed by atoms with van der Waals surface area (Å²) >= 11 is 6.05. The van der Waals surface area contributed by atoms with Gasteiger partial charge < -0.3 is 18.9 Å². The summed E-state index contributed by atoms with van der Waals surface area (Å²) in [5.41, 5.74) is 1.35. The molecule has 0 aliphatic carbocycles. The van der Waals surface area contributed by atoms with E-state index >= 15 is 0 Å². The molecule has 31 heavy (non-hydrogen) atoms. The van der Waals surface area contributed by atoms with E-state index in [-0.39, 0.29) is 17.9 Å². The molecule has 1 atom stereocenters. The number of likely N-dealkylation sites (tertiary alicyclic amines) is 1. The highest BCUT2D eigenvalue weighted by Crippen LogP contribution is 2.22. The van der Waals surface area contributed by atoms with E-state index in [9.17, 15) is 9.59 Å². The number of hydrogen-bond donors (Lipinski definition) is 0. The molecule has 0 bridgehead atoms. The lowest BCUT2D eigenvalue weighted by atomic mass is 10.1. The minimum atomic E-state index is -0.525. The highest BCUT2D eigenvalue weighted by Gasteiger charge is 2.36. The Morgan fingerprint density at radius 1 is 1.10 bits per heavy atom. The van der Waals surface area contributed by atoms with E-state index in [0.717, 1.165) is 31.0 Å². The van der Waals surface area contributed by atoms with Crippen LogP contribution in [0.1, 0.15) is 32.9 Å². The zero-order valence-corrected chi connectivity index (χ0v) is 19.1. The van der Waals surface area contributed by atoms with Crippen LogP contribution in [0.4, 0.5) is 4.79 Å². The fourth-order valence-corrected chi connectivity index (χ4v) is 4.33. The Morgan fingerprint density at radius 3 is 2.55 bits per heavy atom. The maximum atomic E-state index is 13.0. The van der Waals surface area contributed by atoms with Crippen LogP contribution in [-0.4, -0.2) is 81.0 Å². The molecule has 0 saturated carbocycles. The molecular weight excluding hydrogens is 418 g/mol. The number of pyridine rings is 1. The second kappa shape index (κ2) is 8.67. The second-order valence-corrected chi connectivity index (χ2v) is 9.79. The molecule has 0 N–H and O–H groups in total. The minimum absolute atomic E-state index is 0.137. The molecule has 9 heteroatoms. The summed E-state index contributed by atoms with van der Waals surface area (Å²) in [7, 11) is 0. The number of imidazole rings is 1. The lowest BCUT2D eigenvalue weighted by molar-refractivity contribution is -0.136. The Bertz CT molecular complexity index is 962. The fourth-order valence-electron chi connectivity index (χ4n) is 4.16. The third kappa shape index (κ3) is 5.30. The van der Waals surface area contributed by atoms with Crippen LogP contribution < -0.4 is 0 Å². The van der Waals surface area contributed by atoms with E-state index in [1.165, 1.54) is 0 Å². The van der Waals surface area contributed by atoms with Crippen molar-refractivity contribution in [2.75, 3.05) is 39.3 Å². The molecule has 1 unspecified atom stereocenters. The SMILES string of the molecule is CC(C)(C)OC(=O)N1CCC(C(=O)N2CCN(Cc3cn4cc(Cl)ccc4n3)CC2)C1. The normalized spacial score (nSPS) is 20.5. The number of piperazine rings is 1. The van der Waals surface area contributed by atoms with Gasteiger partial charge in [-0.2, -0.15) is 0 Å². The summed E-state index contributed by atoms with van der Waals surface area (Å²) < 4.78 is 7.37. The first-order valence-electron chi connectivity index (χ1n) is 10.8. The summed E-state index contributed by atoms with van der Waals surface area (Å²) in [5, 5.41) is 0.681. The molecule has 4 heterocycles. The third-order valence-corrected chi connectivity index (χ3v) is 5.95. The molecule has 2 amide bonds. The first-order valence-corrected chi connectivity index (χ1v) is 11.2. The van der Waals surface area contributed by atoms with Gasteiger partial charge in [0, 0.05) is 58.2 Å². The molecule has 0 radical (unpaired) electrons. The van der Waals surface area contributed by atoms with Crippen LogP contribution in [0.2, 0.25) is 5.02 Å². The van der Waals surface area contributed by atoms with Crippen molar-refractivity contribution >= 4 is 29.2 Å². The largest absolute Gasteiger partial charge is 0.444 e. The lowest BCUT2D eigenvalue weighted by Crippen LogP contribution is -2.50. The van der Waals surface area contributed by atoms with Gasteiger partial charge in [0.1, 0.15) is 11.2 Å². The van der Waals surface area contributed by atoms with Crippen molar-refractivity contribution < 1.29 is 14.3 Å². The first kappa shape index (κ1) is 21.9. The van der Waals surface area contributed by atoms with E-state index in [2.05, 4.69) is 9.88 Å². The van der Waals surface area contributed by atoms with Crippen molar-refractivity contribution in [1.82, 2.24) is 24.1 Å². The van der Waals surface area contributed by atoms with E-state index in [1.807, 2.05) is 54.6 Å². The average molecular weight is 448 g/mol. The van der Waals surface area contributed by atoms with Crippen LogP contribution in [0.3, 0.4) is 0 Å². The fraction of sp³-hybridized carbons (Fsp3) is 0.591. The molecule has 2 aromatic rings. The van der Waals surface area contributed by atoms with Gasteiger partial charge in [-0.25, -0.2) is 9.78 Å². The van der Waals surface area contributed by atoms with Gasteiger partial charge in [-0.3, -0.25) is 9.69 Å². The van der Waals surface area contributed by atoms with Gasteiger partial charge in [0.05, 0.1) is 16.6 Å². The van der Waals surface area contributed by atoms with Crippen molar-refractivity contribution in [2.24, 2.45) is 5.92 Å². The number of carbonyl (C=O) groups excluding carboxylic acids is 2. The number of rotatable bonds is 3. The molecule has 0 aromatic carbocycles. The Labute approximate surface area is 187 Å². The van der Waals surface area contributed by atoms with Gasteiger partial charge in [-0.05, 0) is 39.3 Å². The maximum absolute atomic E-state index is 13.0. The number of hydrogen-bond acceptors (Lipinski definition) is 5. The highest BCUT2D eigenvalue weighted by atomic mass is 35.5. The van der Waals surface area contributed by atoms with Crippen LogP contribution in [-0.2, 0) is 16.1 Å². The van der Waals surface area contributed by atoms with Crippen molar-refractivity contribution in [3.8, 4) is 0 Å². The Morgan fingerprint density at radius 2 is 1.84 bits per heavy atom. The maximum Gasteiger partial charge on any atom is 0.410 e. The van der Waals surface area contributed by atoms with Crippen LogP contribution in [0.25, 0.3) is 5.65 Å². The quantitative estimate of drug-likeness (QED) is 0.723. The predicted molar refractivity (Wildman–Crippen MR) is 118 cm³/mol. The zero-order valence-electron chi connectivity index (χ0n) is 18.4. The van der Waals surface area contributed by atoms with Gasteiger partial charge in [0.2, 0.25) is 5.91 Å². The minimum Gasteiger partial charge on any atom is -0.444 e. The molecule has 2 aliphatic heterocycles. The van der Waals surface area contributed by atoms with Gasteiger partial charge in [0.25, 0.3) is 0 Å². The standard InChI is InChI=1S/C22H30ClN5O3/c1-22(2,3)31-21(30)27-7-6-16(12-27)20(29)26-10-8-25(9-11-26)14-18-15-28-13-17(23)4-5-19(28)24-18/h4-5,13,15-16H,6-12,14H2,1-3H3. The number of carbonyl (C=O) groups is 2. The molecule has 2 saturated heterocycles. The van der Waals surface area contributed by atoms with Gasteiger partial charge in [-0.15, -0.1) is 0 Å². The molecule has 0 spiro atoms. The number of nitrogens with zero attached hydrogens (tertiary/aromatic N) is 5. The van der Waals surface area contributed by atoms with Crippen molar-refractivity contribution in [1.29, 1.82) is 0 Å². The van der Waals surface area contributed by atoms with Crippen molar-refractivity contribution in [3.05, 3.63) is 35.2 Å². The van der Waals surface area contributed by atoms with Crippen molar-refractivity contribution in [3.63, 3.8) is 0 Å². The molecule has 2 aliphatic rings. The van der Waals surface area contributed by atoms with Crippen LogP contribution in [0.5, 0.6) is 0 Å². The van der Waals surface area contributed by atoms with Gasteiger partial charge in [-0.1, -0.05) is 11.6 Å². The van der Waals surface area contributed by atoms with Crippen LogP contribution >= 0.6 is 11.6 Å². The van der Waals surface area contributed by atoms with Crippen LogP contribution in [0.15, 0.2) is 24.5 Å². The summed E-state index contributed by atoms with van der Waals surface area (Å²) in [6.45, 7) is 10.3. The first-order chi connectivity index (χ1) is 14.7. The summed E-state index contributed by atoms with van der Waals surface area (Å²) in [4.78, 5) is 35.8. The molecule has 2 aromatic heterocycles. The predicted octanol–water partition coefficient (Wildman–Crippen LogP) is 2.89. The van der Waals surface area contributed by atoms with E-state index in [0.29, 0.717) is 37.6 Å². The zero-order chi connectivity index (χ0) is 22.2. The Kier molecular flexibility index (Phi) is 6.12. The molecule has 2 fully saturated rings. The van der Waals surface area contributed by atoms with Crippen molar-refractivity contribution in [2.45, 2.75) is 39.3 Å². The van der Waals surface area contributed by atoms with Gasteiger partial charge in [0.15, 0.2) is 0 Å². The number of halogens is 1. The summed E-state index contributed by atoms with van der Waals surface area (Å²) in [6, 6.07) is 3.75. The summed E-state index contributed by atoms with van der Waals surface area (Å²) in [6.07, 6.45) is 4.22. The lowest BCUT2D eigenvalue weighted by Gasteiger charge is -2.35.